The maximum absolute atomic E-state index is 12.0. The molecule has 1 aromatic rings. The van der Waals surface area contributed by atoms with Crippen LogP contribution in [0.3, 0.4) is 0 Å². The number of rotatable bonds is 3. The minimum absolute atomic E-state index is 0.187. The Balaban J connectivity index is 2.00. The largest absolute Gasteiger partial charge is 0.316 e. The van der Waals surface area contributed by atoms with Crippen LogP contribution in [0.25, 0.3) is 0 Å². The summed E-state index contributed by atoms with van der Waals surface area (Å²) < 4.78 is 24.1. The van der Waals surface area contributed by atoms with E-state index in [1.807, 2.05) is 0 Å². The summed E-state index contributed by atoms with van der Waals surface area (Å²) in [5.41, 5.74) is 0.738. The second kappa shape index (κ2) is 6.01. The van der Waals surface area contributed by atoms with E-state index in [9.17, 15) is 8.42 Å². The van der Waals surface area contributed by atoms with E-state index >= 15 is 0 Å². The van der Waals surface area contributed by atoms with Crippen LogP contribution < -0.4 is 5.32 Å². The molecule has 1 saturated heterocycles. The lowest BCUT2D eigenvalue weighted by atomic mass is 9.95. The van der Waals surface area contributed by atoms with Gasteiger partial charge < -0.3 is 5.32 Å². The second-order valence-electron chi connectivity index (χ2n) is 6.27. The minimum atomic E-state index is -3.28. The molecule has 0 unspecified atom stereocenters. The van der Waals surface area contributed by atoms with Crippen LogP contribution in [0.1, 0.15) is 61.9 Å². The first kappa shape index (κ1) is 14.9. The molecule has 2 aliphatic rings. The minimum Gasteiger partial charge on any atom is -0.316 e. The Morgan fingerprint density at radius 3 is 2.48 bits per heavy atom. The lowest BCUT2D eigenvalue weighted by molar-refractivity contribution is 0.445. The van der Waals surface area contributed by atoms with Crippen molar-refractivity contribution < 1.29 is 8.42 Å². The normalized spacial score (nSPS) is 24.3. The highest BCUT2D eigenvalue weighted by atomic mass is 32.2. The Hall–Kier alpha value is -1.01. The van der Waals surface area contributed by atoms with Gasteiger partial charge in [0, 0.05) is 30.8 Å². The average molecular weight is 309 g/mol. The van der Waals surface area contributed by atoms with E-state index in [-0.39, 0.29) is 5.92 Å². The molecule has 0 amide bonds. The summed E-state index contributed by atoms with van der Waals surface area (Å²) in [4.78, 5) is 9.40. The van der Waals surface area contributed by atoms with Crippen LogP contribution in [0.15, 0.2) is 11.1 Å². The van der Waals surface area contributed by atoms with Crippen LogP contribution >= 0.6 is 0 Å². The molecule has 21 heavy (non-hydrogen) atoms. The zero-order chi connectivity index (χ0) is 14.9. The topological polar surface area (TPSA) is 72.0 Å². The van der Waals surface area contributed by atoms with E-state index in [0.717, 1.165) is 50.3 Å². The van der Waals surface area contributed by atoms with Crippen LogP contribution in [-0.4, -0.2) is 37.7 Å². The number of nitrogens with one attached hydrogen (secondary N) is 1. The average Bonchev–Trinajstić information content (AvgIpc) is 3.01. The first-order valence-electron chi connectivity index (χ1n) is 7.83. The van der Waals surface area contributed by atoms with Gasteiger partial charge in [-0.05, 0) is 32.2 Å². The third-order valence-electron chi connectivity index (χ3n) is 4.60. The van der Waals surface area contributed by atoms with Crippen molar-refractivity contribution in [3.63, 3.8) is 0 Å². The van der Waals surface area contributed by atoms with Crippen LogP contribution in [0.2, 0.25) is 0 Å². The SMILES string of the molecule is CS(=O)(=O)c1cnc(C2CCCC2)nc1[C@H]1CCCNC1. The highest BCUT2D eigenvalue weighted by Gasteiger charge is 2.27. The van der Waals surface area contributed by atoms with Crippen LogP contribution in [0.4, 0.5) is 0 Å². The van der Waals surface area contributed by atoms with Crippen molar-refractivity contribution in [1.82, 2.24) is 15.3 Å². The zero-order valence-corrected chi connectivity index (χ0v) is 13.3. The van der Waals surface area contributed by atoms with Gasteiger partial charge in [0.2, 0.25) is 0 Å². The number of aromatic nitrogens is 2. The number of nitrogens with zero attached hydrogens (tertiary/aromatic N) is 2. The third kappa shape index (κ3) is 3.26. The van der Waals surface area contributed by atoms with E-state index in [0.29, 0.717) is 10.8 Å². The van der Waals surface area contributed by atoms with Crippen molar-refractivity contribution in [2.24, 2.45) is 0 Å². The van der Waals surface area contributed by atoms with Crippen molar-refractivity contribution in [1.29, 1.82) is 0 Å². The van der Waals surface area contributed by atoms with Gasteiger partial charge in [-0.15, -0.1) is 0 Å². The monoisotopic (exact) mass is 309 g/mol. The molecule has 2 fully saturated rings. The van der Waals surface area contributed by atoms with Gasteiger partial charge in [-0.3, -0.25) is 0 Å². The van der Waals surface area contributed by atoms with Gasteiger partial charge in [-0.25, -0.2) is 18.4 Å². The van der Waals surface area contributed by atoms with Gasteiger partial charge in [0.15, 0.2) is 9.84 Å². The summed E-state index contributed by atoms with van der Waals surface area (Å²) >= 11 is 0. The first-order valence-corrected chi connectivity index (χ1v) is 9.72. The van der Waals surface area contributed by atoms with E-state index in [1.165, 1.54) is 19.1 Å². The molecule has 0 bridgehead atoms. The lowest BCUT2D eigenvalue weighted by Crippen LogP contribution is -2.30. The number of hydrogen-bond donors (Lipinski definition) is 1. The quantitative estimate of drug-likeness (QED) is 0.924. The standard InChI is InChI=1S/C15H23N3O2S/c1-21(19,20)13-10-17-15(11-5-2-3-6-11)18-14(13)12-7-4-8-16-9-12/h10-12,16H,2-9H2,1H3/t12-/m0/s1. The van der Waals surface area contributed by atoms with Crippen LogP contribution in [-0.2, 0) is 9.84 Å². The lowest BCUT2D eigenvalue weighted by Gasteiger charge is -2.24. The number of piperidine rings is 1. The van der Waals surface area contributed by atoms with E-state index in [4.69, 9.17) is 4.98 Å². The molecule has 1 N–H and O–H groups in total. The van der Waals surface area contributed by atoms with E-state index in [1.54, 1.807) is 6.20 Å². The van der Waals surface area contributed by atoms with Crippen molar-refractivity contribution >= 4 is 9.84 Å². The maximum Gasteiger partial charge on any atom is 0.178 e. The van der Waals surface area contributed by atoms with Crippen LogP contribution in [0.5, 0.6) is 0 Å². The summed E-state index contributed by atoms with van der Waals surface area (Å²) in [6, 6.07) is 0. The van der Waals surface area contributed by atoms with Crippen molar-refractivity contribution in [3.05, 3.63) is 17.7 Å². The van der Waals surface area contributed by atoms with Gasteiger partial charge in [-0.1, -0.05) is 12.8 Å². The predicted molar refractivity (Wildman–Crippen MR) is 81.2 cm³/mol. The van der Waals surface area contributed by atoms with Gasteiger partial charge in [0.05, 0.1) is 5.69 Å². The summed E-state index contributed by atoms with van der Waals surface area (Å²) in [5.74, 6) is 1.45. The fraction of sp³-hybridized carbons (Fsp3) is 0.733. The second-order valence-corrected chi connectivity index (χ2v) is 8.26. The molecule has 0 aromatic carbocycles. The van der Waals surface area contributed by atoms with Crippen LogP contribution in [0, 0.1) is 0 Å². The number of hydrogen-bond acceptors (Lipinski definition) is 5. The molecule has 0 spiro atoms. The Kier molecular flexibility index (Phi) is 4.26. The molecule has 0 radical (unpaired) electrons. The molecule has 2 heterocycles. The molecule has 1 saturated carbocycles. The summed E-state index contributed by atoms with van der Waals surface area (Å²) in [5, 5.41) is 3.35. The fourth-order valence-electron chi connectivity index (χ4n) is 3.44. The number of sulfone groups is 1. The van der Waals surface area contributed by atoms with Gasteiger partial charge in [0.1, 0.15) is 10.7 Å². The van der Waals surface area contributed by atoms with Crippen molar-refractivity contribution in [3.8, 4) is 0 Å². The molecule has 1 aliphatic carbocycles. The van der Waals surface area contributed by atoms with Crippen molar-refractivity contribution in [2.45, 2.75) is 55.3 Å². The maximum atomic E-state index is 12.0. The molecular weight excluding hydrogens is 286 g/mol. The van der Waals surface area contributed by atoms with Gasteiger partial charge >= 0.3 is 0 Å². The molecule has 116 valence electrons. The third-order valence-corrected chi connectivity index (χ3v) is 5.72. The van der Waals surface area contributed by atoms with E-state index < -0.39 is 9.84 Å². The molecule has 1 aliphatic heterocycles. The smallest absolute Gasteiger partial charge is 0.178 e. The fourth-order valence-corrected chi connectivity index (χ4v) is 4.28. The molecule has 5 nitrogen and oxygen atoms in total. The summed E-state index contributed by atoms with van der Waals surface area (Å²) in [7, 11) is -3.28. The first-order chi connectivity index (χ1) is 10.1. The molecule has 6 heteroatoms. The zero-order valence-electron chi connectivity index (χ0n) is 12.5. The summed E-state index contributed by atoms with van der Waals surface area (Å²) in [6.45, 7) is 1.81. The Morgan fingerprint density at radius 1 is 1.14 bits per heavy atom. The molecule has 3 rings (SSSR count). The Bertz CT molecular complexity index is 603. The molecule has 1 atom stereocenters. The van der Waals surface area contributed by atoms with Crippen molar-refractivity contribution in [2.75, 3.05) is 19.3 Å². The van der Waals surface area contributed by atoms with Gasteiger partial charge in [0.25, 0.3) is 0 Å². The highest BCUT2D eigenvalue weighted by molar-refractivity contribution is 7.90. The molecule has 1 aromatic heterocycles. The predicted octanol–water partition coefficient (Wildman–Crippen LogP) is 2.00. The highest BCUT2D eigenvalue weighted by Crippen LogP contribution is 2.34. The molecular formula is C15H23N3O2S. The Morgan fingerprint density at radius 2 is 1.86 bits per heavy atom. The van der Waals surface area contributed by atoms with E-state index in [2.05, 4.69) is 10.3 Å². The summed E-state index contributed by atoms with van der Waals surface area (Å²) in [6.07, 6.45) is 9.55. The van der Waals surface area contributed by atoms with Gasteiger partial charge in [-0.2, -0.15) is 0 Å². The Labute approximate surface area is 126 Å².